The quantitative estimate of drug-likeness (QED) is 0.0154. The molecule has 3 rings (SSSR count). The highest BCUT2D eigenvalue weighted by atomic mass is 16.6. The van der Waals surface area contributed by atoms with Crippen LogP contribution in [0.5, 0.6) is 0 Å². The van der Waals surface area contributed by atoms with Crippen molar-refractivity contribution in [2.45, 2.75) is 263 Å². The van der Waals surface area contributed by atoms with Crippen molar-refractivity contribution in [3.05, 3.63) is 122 Å². The molecule has 3 aliphatic heterocycles. The summed E-state index contributed by atoms with van der Waals surface area (Å²) in [4.78, 5) is 54.1. The van der Waals surface area contributed by atoms with Gasteiger partial charge in [-0.15, -0.1) is 0 Å². The first-order valence-electron chi connectivity index (χ1n) is 35.1. The van der Waals surface area contributed by atoms with Gasteiger partial charge in [0.25, 0.3) is 0 Å². The van der Waals surface area contributed by atoms with Crippen molar-refractivity contribution < 1.29 is 44.3 Å². The summed E-state index contributed by atoms with van der Waals surface area (Å²) in [7, 11) is 0. The number of carbonyl (C=O) groups excluding carboxylic acids is 4. The highest BCUT2D eigenvalue weighted by Crippen LogP contribution is 2.16. The molecule has 0 radical (unpaired) electrons. The molecule has 0 saturated carbocycles. The van der Waals surface area contributed by atoms with Crippen LogP contribution in [0.25, 0.3) is 0 Å². The van der Waals surface area contributed by atoms with Crippen molar-refractivity contribution in [1.82, 2.24) is 31.1 Å². The molecule has 9 unspecified atom stereocenters. The number of aliphatic hydroxyl groups excluding tert-OH is 4. The topological polar surface area (TPSA) is 268 Å². The second-order valence-electron chi connectivity index (χ2n) is 24.0. The number of piperazine rings is 2. The standard InChI is InChI=1S/C52H88N4O6.C12H24N4O2.C10H16O/c1-5-9-13-17-21-25-33-45(57)41-55(42-46(58)34-26-22-18-14-10-6-2)39-31-29-37-49-51(61)54-50(52(62)53-49)38-30-32-40-56(43-47(59)35-27-23-19-15-11-7-3)44-48(60)36-28-24-20-16-12-8-4;13-7-3-1-5-9-11(17)16-10(12(18)15-9)6-2-4-8-14;1-2-3-4-5-6-7-8-10-9-11-10/h9-16,21-28,45-50,57-60H,5-8,17-20,29-44H2,1-4H3,(H,53,62)(H,54,61);9-10H,1-8,13-14H2,(H,15,18)(H,16,17);3-4,6-7,10H,2,5,8-9H2,1H3/b13-9-,14-10-,15-11-,16-12-,25-21-,26-22-,27-23-,28-24-;;4-3-,7-6-. The summed E-state index contributed by atoms with van der Waals surface area (Å²) in [6.07, 6.45) is 62.0. The first-order valence-corrected chi connectivity index (χ1v) is 35.1. The van der Waals surface area contributed by atoms with Gasteiger partial charge in [-0.3, -0.25) is 29.0 Å². The molecule has 17 nitrogen and oxygen atoms in total. The number of allylic oxidation sites excluding steroid dienone is 15. The van der Waals surface area contributed by atoms with E-state index in [2.05, 4.69) is 163 Å². The molecular formula is C74H128N8O9. The Bertz CT molecular complexity index is 1950. The second kappa shape index (κ2) is 58.7. The first-order chi connectivity index (χ1) is 44.2. The number of rotatable bonds is 51. The monoisotopic (exact) mass is 1270 g/mol. The van der Waals surface area contributed by atoms with Gasteiger partial charge < -0.3 is 57.9 Å². The van der Waals surface area contributed by atoms with E-state index in [1.165, 1.54) is 0 Å². The zero-order chi connectivity index (χ0) is 66.8. The van der Waals surface area contributed by atoms with Crippen LogP contribution in [0.3, 0.4) is 0 Å². The number of aliphatic hydroxyl groups is 4. The maximum atomic E-state index is 13.1. The fourth-order valence-electron chi connectivity index (χ4n) is 10.2. The lowest BCUT2D eigenvalue weighted by atomic mass is 10.0. The summed E-state index contributed by atoms with van der Waals surface area (Å²) in [5.74, 6) is -0.487. The number of ether oxygens (including phenoxy) is 1. The Morgan fingerprint density at radius 1 is 0.385 bits per heavy atom. The molecule has 0 aromatic heterocycles. The highest BCUT2D eigenvalue weighted by molar-refractivity contribution is 5.97. The molecule has 4 amide bonds. The van der Waals surface area contributed by atoms with Crippen molar-refractivity contribution in [2.75, 3.05) is 59.0 Å². The molecule has 3 saturated heterocycles. The third-order valence-corrected chi connectivity index (χ3v) is 15.4. The highest BCUT2D eigenvalue weighted by Gasteiger charge is 2.34. The van der Waals surface area contributed by atoms with E-state index >= 15 is 0 Å². The van der Waals surface area contributed by atoms with Crippen molar-refractivity contribution in [2.24, 2.45) is 11.5 Å². The Morgan fingerprint density at radius 2 is 0.626 bits per heavy atom. The largest absolute Gasteiger partial charge is 0.391 e. The van der Waals surface area contributed by atoms with Gasteiger partial charge in [-0.05, 0) is 200 Å². The summed E-state index contributed by atoms with van der Waals surface area (Å²) >= 11 is 0. The molecule has 0 aliphatic carbocycles. The minimum Gasteiger partial charge on any atom is -0.391 e. The van der Waals surface area contributed by atoms with Gasteiger partial charge in [0, 0.05) is 26.2 Å². The molecule has 0 spiro atoms. The predicted octanol–water partition coefficient (Wildman–Crippen LogP) is 10.5. The van der Waals surface area contributed by atoms with Crippen LogP contribution >= 0.6 is 0 Å². The van der Waals surface area contributed by atoms with Gasteiger partial charge in [0.05, 0.1) is 37.1 Å². The van der Waals surface area contributed by atoms with E-state index < -0.39 is 48.6 Å². The van der Waals surface area contributed by atoms with E-state index in [9.17, 15) is 39.6 Å². The van der Waals surface area contributed by atoms with E-state index in [1.54, 1.807) is 0 Å². The van der Waals surface area contributed by atoms with E-state index in [0.717, 1.165) is 116 Å². The number of carbonyl (C=O) groups is 4. The number of nitrogens with zero attached hydrogens (tertiary/aromatic N) is 2. The minimum atomic E-state index is -0.589. The molecule has 3 heterocycles. The van der Waals surface area contributed by atoms with Crippen LogP contribution in [0.1, 0.15) is 208 Å². The van der Waals surface area contributed by atoms with E-state index in [-0.39, 0.29) is 23.6 Å². The Labute approximate surface area is 551 Å². The maximum Gasteiger partial charge on any atom is 0.243 e. The zero-order valence-electron chi connectivity index (χ0n) is 57.1. The summed E-state index contributed by atoms with van der Waals surface area (Å²) in [6, 6.07) is -1.97. The normalized spacial score (nSPS) is 20.3. The average Bonchev–Trinajstić information content (AvgIpc) is 2.64. The molecule has 0 aromatic rings. The lowest BCUT2D eigenvalue weighted by molar-refractivity contribution is -0.137. The van der Waals surface area contributed by atoms with Gasteiger partial charge in [-0.1, -0.05) is 156 Å². The van der Waals surface area contributed by atoms with Crippen molar-refractivity contribution in [3.63, 3.8) is 0 Å². The third-order valence-electron chi connectivity index (χ3n) is 15.4. The number of hydrogen-bond acceptors (Lipinski definition) is 13. The van der Waals surface area contributed by atoms with Crippen molar-refractivity contribution in [3.8, 4) is 0 Å². The molecule has 0 bridgehead atoms. The van der Waals surface area contributed by atoms with Gasteiger partial charge >= 0.3 is 0 Å². The molecule has 12 N–H and O–H groups in total. The minimum absolute atomic E-state index is 0.0793. The van der Waals surface area contributed by atoms with E-state index in [1.807, 2.05) is 24.3 Å². The molecule has 17 heteroatoms. The fraction of sp³-hybridized carbons (Fsp3) is 0.676. The van der Waals surface area contributed by atoms with E-state index in [4.69, 9.17) is 16.2 Å². The molecular weight excluding hydrogens is 1140 g/mol. The number of hydrogen-bond donors (Lipinski definition) is 10. The zero-order valence-corrected chi connectivity index (χ0v) is 57.1. The second-order valence-corrected chi connectivity index (χ2v) is 24.0. The number of nitrogens with one attached hydrogen (secondary N) is 4. The van der Waals surface area contributed by atoms with Crippen LogP contribution in [-0.2, 0) is 23.9 Å². The fourth-order valence-corrected chi connectivity index (χ4v) is 10.2. The van der Waals surface area contributed by atoms with Crippen LogP contribution in [0.4, 0.5) is 0 Å². The predicted molar refractivity (Wildman–Crippen MR) is 377 cm³/mol. The molecule has 3 fully saturated rings. The van der Waals surface area contributed by atoms with Crippen molar-refractivity contribution in [1.29, 1.82) is 0 Å². The molecule has 518 valence electrons. The summed E-state index contributed by atoms with van der Waals surface area (Å²) in [5, 5.41) is 54.8. The summed E-state index contributed by atoms with van der Waals surface area (Å²) in [6.45, 7) is 15.9. The van der Waals surface area contributed by atoms with Gasteiger partial charge in [-0.25, -0.2) is 0 Å². The maximum absolute atomic E-state index is 13.1. The Balaban J connectivity index is 0.00000115. The van der Waals surface area contributed by atoms with Gasteiger partial charge in [0.1, 0.15) is 24.2 Å². The van der Waals surface area contributed by atoms with Gasteiger partial charge in [0.2, 0.25) is 23.6 Å². The smallest absolute Gasteiger partial charge is 0.243 e. The van der Waals surface area contributed by atoms with Crippen LogP contribution in [0.15, 0.2) is 122 Å². The molecule has 9 atom stereocenters. The Hall–Kier alpha value is -5.08. The lowest BCUT2D eigenvalue weighted by Crippen LogP contribution is -2.61. The average molecular weight is 1270 g/mol. The van der Waals surface area contributed by atoms with Crippen LogP contribution in [-0.4, -0.2) is 168 Å². The lowest BCUT2D eigenvalue weighted by Gasteiger charge is -2.31. The summed E-state index contributed by atoms with van der Waals surface area (Å²) < 4.78 is 5.07. The number of unbranched alkanes of at least 4 members (excludes halogenated alkanes) is 4. The Morgan fingerprint density at radius 3 is 0.868 bits per heavy atom. The Kier molecular flexibility index (Phi) is 54.2. The van der Waals surface area contributed by atoms with Crippen LogP contribution in [0.2, 0.25) is 0 Å². The molecule has 91 heavy (non-hydrogen) atoms. The number of nitrogens with two attached hydrogens (primary N) is 2. The van der Waals surface area contributed by atoms with E-state index in [0.29, 0.717) is 123 Å². The van der Waals surface area contributed by atoms with Gasteiger partial charge in [-0.2, -0.15) is 0 Å². The van der Waals surface area contributed by atoms with Crippen molar-refractivity contribution >= 4 is 23.6 Å². The number of amides is 4. The SMILES string of the molecule is CC/C=C\C/C=C\CC(O)CN(CCCCC1NC(=O)C(CCCCN(CC(O)C/C=C\C/C=C\CC)CC(O)C/C=C\C/C=C\CC)NC1=O)CC(O)C/C=C\C/C=C\CC.CC/C=C\C/C=C\CC1CO1.NCCCCC1NC(=O)C(CCCCN)NC1=O. The first kappa shape index (κ1) is 83.9. The third kappa shape index (κ3) is 48.3. The molecule has 3 aliphatic rings. The number of epoxide rings is 1. The summed E-state index contributed by atoms with van der Waals surface area (Å²) in [5.41, 5.74) is 10.8. The van der Waals surface area contributed by atoms with Crippen LogP contribution < -0.4 is 32.7 Å². The van der Waals surface area contributed by atoms with Gasteiger partial charge in [0.15, 0.2) is 0 Å². The molecule has 0 aromatic carbocycles. The van der Waals surface area contributed by atoms with Crippen LogP contribution in [0, 0.1) is 0 Å².